The molecule has 0 aromatic rings. The summed E-state index contributed by atoms with van der Waals surface area (Å²) in [6.45, 7) is 6.50. The highest BCUT2D eigenvalue weighted by Crippen LogP contribution is 2.23. The van der Waals surface area contributed by atoms with Crippen LogP contribution in [0.1, 0.15) is 32.6 Å². The summed E-state index contributed by atoms with van der Waals surface area (Å²) in [6, 6.07) is 0.468. The standard InChI is InChI=1S/C12H22N4S2/c1-3-8-13-11(17)15-16-12(18)14-10-7-5-4-6-9(10)2/h3,9-10H,1,4-8H2,2H3,(H2,13,15,17)(H2,14,16,18)/t9-,10-/m1/s1. The van der Waals surface area contributed by atoms with E-state index in [0.29, 0.717) is 28.7 Å². The first-order valence-corrected chi connectivity index (χ1v) is 7.16. The molecule has 1 saturated carbocycles. The van der Waals surface area contributed by atoms with Gasteiger partial charge in [0, 0.05) is 12.6 Å². The van der Waals surface area contributed by atoms with Crippen molar-refractivity contribution in [2.24, 2.45) is 5.92 Å². The monoisotopic (exact) mass is 286 g/mol. The summed E-state index contributed by atoms with van der Waals surface area (Å²) in [4.78, 5) is 0. The molecule has 18 heavy (non-hydrogen) atoms. The van der Waals surface area contributed by atoms with E-state index < -0.39 is 0 Å². The molecule has 0 bridgehead atoms. The van der Waals surface area contributed by atoms with Gasteiger partial charge in [0.05, 0.1) is 0 Å². The van der Waals surface area contributed by atoms with Crippen molar-refractivity contribution in [1.29, 1.82) is 0 Å². The molecule has 1 rings (SSSR count). The Morgan fingerprint density at radius 2 is 1.89 bits per heavy atom. The van der Waals surface area contributed by atoms with Crippen molar-refractivity contribution in [3.05, 3.63) is 12.7 Å². The minimum atomic E-state index is 0.468. The lowest BCUT2D eigenvalue weighted by Gasteiger charge is -2.30. The molecule has 0 saturated heterocycles. The van der Waals surface area contributed by atoms with E-state index in [-0.39, 0.29) is 0 Å². The number of nitrogens with one attached hydrogen (secondary N) is 4. The molecule has 1 aliphatic carbocycles. The Kier molecular flexibility index (Phi) is 6.97. The second-order valence-electron chi connectivity index (χ2n) is 4.59. The van der Waals surface area contributed by atoms with Gasteiger partial charge in [-0.25, -0.2) is 0 Å². The first-order chi connectivity index (χ1) is 8.63. The van der Waals surface area contributed by atoms with Gasteiger partial charge in [-0.15, -0.1) is 6.58 Å². The van der Waals surface area contributed by atoms with Crippen molar-refractivity contribution >= 4 is 34.7 Å². The van der Waals surface area contributed by atoms with E-state index in [2.05, 4.69) is 35.0 Å². The third-order valence-electron chi connectivity index (χ3n) is 3.12. The molecule has 0 aliphatic heterocycles. The predicted octanol–water partition coefficient (Wildman–Crippen LogP) is 1.59. The van der Waals surface area contributed by atoms with E-state index in [0.717, 1.165) is 0 Å². The van der Waals surface area contributed by atoms with Crippen LogP contribution in [0, 0.1) is 5.92 Å². The molecule has 0 heterocycles. The maximum absolute atomic E-state index is 5.23. The maximum Gasteiger partial charge on any atom is 0.185 e. The molecule has 4 nitrogen and oxygen atoms in total. The van der Waals surface area contributed by atoms with Crippen LogP contribution in [0.15, 0.2) is 12.7 Å². The fourth-order valence-corrected chi connectivity index (χ4v) is 2.39. The van der Waals surface area contributed by atoms with Crippen molar-refractivity contribution < 1.29 is 0 Å². The first-order valence-electron chi connectivity index (χ1n) is 6.34. The van der Waals surface area contributed by atoms with Gasteiger partial charge in [-0.05, 0) is 43.2 Å². The molecule has 4 N–H and O–H groups in total. The van der Waals surface area contributed by atoms with E-state index >= 15 is 0 Å². The lowest BCUT2D eigenvalue weighted by Crippen LogP contribution is -2.53. The minimum Gasteiger partial charge on any atom is -0.358 e. The Labute approximate surface area is 120 Å². The molecule has 0 amide bonds. The number of hydrazine groups is 1. The van der Waals surface area contributed by atoms with Gasteiger partial charge in [-0.2, -0.15) is 0 Å². The SMILES string of the molecule is C=CCNC(=S)NNC(=S)N[C@@H]1CCCC[C@H]1C. The van der Waals surface area contributed by atoms with Crippen LogP contribution in [0.3, 0.4) is 0 Å². The number of rotatable bonds is 3. The van der Waals surface area contributed by atoms with Gasteiger partial charge in [-0.3, -0.25) is 10.9 Å². The average Bonchev–Trinajstić information content (AvgIpc) is 2.36. The summed E-state index contributed by atoms with van der Waals surface area (Å²) in [6.07, 6.45) is 6.80. The number of thiocarbonyl (C=S) groups is 2. The van der Waals surface area contributed by atoms with Crippen LogP contribution in [-0.2, 0) is 0 Å². The molecule has 1 fully saturated rings. The van der Waals surface area contributed by atoms with Gasteiger partial charge >= 0.3 is 0 Å². The minimum absolute atomic E-state index is 0.468. The van der Waals surface area contributed by atoms with Crippen LogP contribution < -0.4 is 21.5 Å². The summed E-state index contributed by atoms with van der Waals surface area (Å²) >= 11 is 10.3. The third-order valence-corrected chi connectivity index (χ3v) is 3.59. The topological polar surface area (TPSA) is 48.1 Å². The van der Waals surface area contributed by atoms with E-state index in [9.17, 15) is 0 Å². The largest absolute Gasteiger partial charge is 0.358 e. The third kappa shape index (κ3) is 5.64. The van der Waals surface area contributed by atoms with Crippen LogP contribution in [0.2, 0.25) is 0 Å². The van der Waals surface area contributed by atoms with Gasteiger partial charge in [0.15, 0.2) is 10.2 Å². The Bertz CT molecular complexity index is 306. The van der Waals surface area contributed by atoms with E-state index in [1.54, 1.807) is 6.08 Å². The molecule has 1 aliphatic rings. The van der Waals surface area contributed by atoms with Crippen molar-refractivity contribution in [1.82, 2.24) is 21.5 Å². The zero-order valence-corrected chi connectivity index (χ0v) is 12.4. The molecular formula is C12H22N4S2. The number of hydrogen-bond acceptors (Lipinski definition) is 2. The van der Waals surface area contributed by atoms with Crippen molar-refractivity contribution in [2.75, 3.05) is 6.54 Å². The summed E-state index contributed by atoms with van der Waals surface area (Å²) in [7, 11) is 0. The number of hydrogen-bond donors (Lipinski definition) is 4. The van der Waals surface area contributed by atoms with Crippen LogP contribution in [-0.4, -0.2) is 22.8 Å². The highest BCUT2D eigenvalue weighted by Gasteiger charge is 2.21. The fourth-order valence-electron chi connectivity index (χ4n) is 2.06. The Morgan fingerprint density at radius 1 is 1.22 bits per heavy atom. The Balaban J connectivity index is 2.20. The fraction of sp³-hybridized carbons (Fsp3) is 0.667. The van der Waals surface area contributed by atoms with Crippen molar-refractivity contribution in [3.63, 3.8) is 0 Å². The molecule has 102 valence electrons. The van der Waals surface area contributed by atoms with E-state index in [1.807, 2.05) is 0 Å². The summed E-state index contributed by atoms with van der Waals surface area (Å²) in [5.41, 5.74) is 5.73. The summed E-state index contributed by atoms with van der Waals surface area (Å²) in [5.74, 6) is 0.671. The van der Waals surface area contributed by atoms with Gasteiger partial charge in [0.1, 0.15) is 0 Å². The highest BCUT2D eigenvalue weighted by atomic mass is 32.1. The Morgan fingerprint density at radius 3 is 2.56 bits per heavy atom. The predicted molar refractivity (Wildman–Crippen MR) is 84.2 cm³/mol. The molecule has 0 spiro atoms. The second-order valence-corrected chi connectivity index (χ2v) is 5.41. The van der Waals surface area contributed by atoms with Crippen LogP contribution >= 0.6 is 24.4 Å². The first kappa shape index (κ1) is 15.2. The van der Waals surface area contributed by atoms with E-state index in [1.165, 1.54) is 25.7 Å². The van der Waals surface area contributed by atoms with Crippen LogP contribution in [0.25, 0.3) is 0 Å². The molecule has 6 heteroatoms. The molecular weight excluding hydrogens is 264 g/mol. The average molecular weight is 286 g/mol. The highest BCUT2D eigenvalue weighted by molar-refractivity contribution is 7.80. The van der Waals surface area contributed by atoms with Gasteiger partial charge in [0.2, 0.25) is 0 Å². The van der Waals surface area contributed by atoms with Crippen LogP contribution in [0.5, 0.6) is 0 Å². The van der Waals surface area contributed by atoms with Gasteiger partial charge in [-0.1, -0.05) is 25.8 Å². The molecule has 2 atom stereocenters. The molecule has 0 radical (unpaired) electrons. The Hall–Kier alpha value is -0.880. The zero-order valence-electron chi connectivity index (χ0n) is 10.8. The smallest absolute Gasteiger partial charge is 0.185 e. The van der Waals surface area contributed by atoms with E-state index in [4.69, 9.17) is 24.4 Å². The van der Waals surface area contributed by atoms with Gasteiger partial charge in [0.25, 0.3) is 0 Å². The quantitative estimate of drug-likeness (QED) is 0.359. The molecule has 0 unspecified atom stereocenters. The lowest BCUT2D eigenvalue weighted by atomic mass is 9.86. The molecule has 0 aromatic heterocycles. The van der Waals surface area contributed by atoms with Gasteiger partial charge < -0.3 is 10.6 Å². The summed E-state index contributed by atoms with van der Waals surface area (Å²) < 4.78 is 0. The maximum atomic E-state index is 5.23. The van der Waals surface area contributed by atoms with Crippen LogP contribution in [0.4, 0.5) is 0 Å². The normalized spacial score (nSPS) is 22.7. The second kappa shape index (κ2) is 8.26. The van der Waals surface area contributed by atoms with Crippen molar-refractivity contribution in [3.8, 4) is 0 Å². The van der Waals surface area contributed by atoms with Crippen molar-refractivity contribution in [2.45, 2.75) is 38.6 Å². The zero-order chi connectivity index (χ0) is 13.4. The lowest BCUT2D eigenvalue weighted by molar-refractivity contribution is 0.308. The molecule has 0 aromatic carbocycles. The summed E-state index contributed by atoms with van der Waals surface area (Å²) in [5, 5.41) is 7.39.